The molecule has 0 aromatic heterocycles. The Morgan fingerprint density at radius 1 is 1.25 bits per heavy atom. The summed E-state index contributed by atoms with van der Waals surface area (Å²) in [7, 11) is 0. The lowest BCUT2D eigenvalue weighted by atomic mass is 9.84. The highest BCUT2D eigenvalue weighted by Crippen LogP contribution is 2.29. The van der Waals surface area contributed by atoms with Gasteiger partial charge < -0.3 is 20.3 Å². The van der Waals surface area contributed by atoms with Gasteiger partial charge in [0.15, 0.2) is 0 Å². The zero-order chi connectivity index (χ0) is 24.1. The third kappa shape index (κ3) is 11.3. The molecule has 1 aliphatic rings. The van der Waals surface area contributed by atoms with Gasteiger partial charge in [0.2, 0.25) is 11.8 Å². The molecule has 0 radical (unpaired) electrons. The second-order valence-electron chi connectivity index (χ2n) is 8.90. The number of alkyl carbamates (subject to hydrolysis) is 1. The molecule has 9 heteroatoms. The van der Waals surface area contributed by atoms with Crippen LogP contribution in [0.15, 0.2) is 23.1 Å². The van der Waals surface area contributed by atoms with E-state index in [2.05, 4.69) is 17.2 Å². The van der Waals surface area contributed by atoms with Crippen molar-refractivity contribution in [1.29, 1.82) is 0 Å². The van der Waals surface area contributed by atoms with E-state index in [1.54, 1.807) is 20.8 Å². The molecule has 3 amide bonds. The largest absolute Gasteiger partial charge is 0.444 e. The first-order valence-electron chi connectivity index (χ1n) is 11.2. The first kappa shape index (κ1) is 28.4. The van der Waals surface area contributed by atoms with Gasteiger partial charge >= 0.3 is 6.09 Å². The molecule has 0 aromatic carbocycles. The average molecular weight is 488 g/mol. The van der Waals surface area contributed by atoms with Gasteiger partial charge in [0, 0.05) is 13.1 Å². The van der Waals surface area contributed by atoms with E-state index >= 15 is 0 Å². The van der Waals surface area contributed by atoms with Crippen LogP contribution >= 0.6 is 23.4 Å². The Morgan fingerprint density at radius 2 is 1.91 bits per heavy atom. The molecule has 0 spiro atoms. The van der Waals surface area contributed by atoms with Crippen LogP contribution in [0.4, 0.5) is 4.79 Å². The third-order valence-electron chi connectivity index (χ3n) is 5.02. The Balaban J connectivity index is 2.93. The van der Waals surface area contributed by atoms with Crippen LogP contribution in [0.5, 0.6) is 0 Å². The number of carbonyl (C=O) groups is 3. The quantitative estimate of drug-likeness (QED) is 0.410. The zero-order valence-corrected chi connectivity index (χ0v) is 21.3. The average Bonchev–Trinajstić information content (AvgIpc) is 2.72. The van der Waals surface area contributed by atoms with Crippen molar-refractivity contribution < 1.29 is 19.1 Å². The summed E-state index contributed by atoms with van der Waals surface area (Å²) in [6, 6.07) is -0.687. The smallest absolute Gasteiger partial charge is 0.407 e. The van der Waals surface area contributed by atoms with Crippen molar-refractivity contribution >= 4 is 41.3 Å². The molecule has 0 saturated heterocycles. The Labute approximate surface area is 201 Å². The van der Waals surface area contributed by atoms with Gasteiger partial charge in [-0.2, -0.15) is 0 Å². The molecule has 2 N–H and O–H groups in total. The minimum atomic E-state index is -0.687. The first-order chi connectivity index (χ1) is 15.1. The highest BCUT2D eigenvalue weighted by Gasteiger charge is 2.32. The molecule has 1 fully saturated rings. The van der Waals surface area contributed by atoms with Crippen molar-refractivity contribution in [3.8, 4) is 0 Å². The second kappa shape index (κ2) is 14.5. The molecule has 1 atom stereocenters. The lowest BCUT2D eigenvalue weighted by molar-refractivity contribution is -0.139. The standard InChI is InChI=1S/C23H38ClN3O4S/c1-6-14-32-17(2)26-21(29)19(15-18-10-8-7-9-11-18)27(20(28)16-24)13-12-25-22(30)31-23(3,4)5/h6,14,18-19H,2,7-13,15-16H2,1,3-5H3,(H,25,30)(H,26,29)/b14-6-. The summed E-state index contributed by atoms with van der Waals surface area (Å²) in [6.45, 7) is 11.4. The predicted molar refractivity (Wildman–Crippen MR) is 131 cm³/mol. The lowest BCUT2D eigenvalue weighted by Gasteiger charge is -2.34. The molecule has 0 heterocycles. The Bertz CT molecular complexity index is 673. The summed E-state index contributed by atoms with van der Waals surface area (Å²) >= 11 is 7.19. The van der Waals surface area contributed by atoms with E-state index in [1.165, 1.54) is 23.1 Å². The zero-order valence-electron chi connectivity index (χ0n) is 19.7. The molecular formula is C23H38ClN3O4S. The van der Waals surface area contributed by atoms with Crippen LogP contribution in [-0.4, -0.2) is 53.4 Å². The van der Waals surface area contributed by atoms with E-state index in [9.17, 15) is 14.4 Å². The maximum absolute atomic E-state index is 13.2. The number of hydrogen-bond donors (Lipinski definition) is 2. The first-order valence-corrected chi connectivity index (χ1v) is 12.6. The molecule has 0 aliphatic heterocycles. The fraction of sp³-hybridized carbons (Fsp3) is 0.696. The van der Waals surface area contributed by atoms with Crippen LogP contribution in [-0.2, 0) is 14.3 Å². The van der Waals surface area contributed by atoms with Crippen molar-refractivity contribution in [2.45, 2.75) is 77.9 Å². The number of halogens is 1. The normalized spacial score (nSPS) is 15.8. The summed E-state index contributed by atoms with van der Waals surface area (Å²) in [5.41, 5.74) is -0.621. The molecule has 1 unspecified atom stereocenters. The highest BCUT2D eigenvalue weighted by molar-refractivity contribution is 8.05. The van der Waals surface area contributed by atoms with Crippen LogP contribution in [0.3, 0.4) is 0 Å². The van der Waals surface area contributed by atoms with Crippen LogP contribution < -0.4 is 10.6 Å². The molecule has 0 aromatic rings. The van der Waals surface area contributed by atoms with Gasteiger partial charge in [-0.1, -0.05) is 56.5 Å². The van der Waals surface area contributed by atoms with Crippen LogP contribution in [0.2, 0.25) is 0 Å². The number of allylic oxidation sites excluding steroid dienone is 1. The molecular weight excluding hydrogens is 450 g/mol. The van der Waals surface area contributed by atoms with Crippen LogP contribution in [0.25, 0.3) is 0 Å². The van der Waals surface area contributed by atoms with E-state index in [4.69, 9.17) is 16.3 Å². The number of carbonyl (C=O) groups excluding carboxylic acids is 3. The van der Waals surface area contributed by atoms with E-state index in [0.29, 0.717) is 17.4 Å². The van der Waals surface area contributed by atoms with Gasteiger partial charge in [0.05, 0.1) is 5.03 Å². The molecule has 32 heavy (non-hydrogen) atoms. The lowest BCUT2D eigenvalue weighted by Crippen LogP contribution is -2.52. The molecule has 1 aliphatic carbocycles. The van der Waals surface area contributed by atoms with E-state index in [0.717, 1.165) is 25.7 Å². The summed E-state index contributed by atoms with van der Waals surface area (Å²) < 4.78 is 5.25. The summed E-state index contributed by atoms with van der Waals surface area (Å²) in [6.07, 6.45) is 7.39. The van der Waals surface area contributed by atoms with Crippen molar-refractivity contribution in [3.63, 3.8) is 0 Å². The maximum Gasteiger partial charge on any atom is 0.407 e. The van der Waals surface area contributed by atoms with Crippen molar-refractivity contribution in [2.75, 3.05) is 19.0 Å². The fourth-order valence-corrected chi connectivity index (χ4v) is 4.25. The van der Waals surface area contributed by atoms with Gasteiger partial charge in [-0.15, -0.1) is 11.6 Å². The van der Waals surface area contributed by atoms with Crippen molar-refractivity contribution in [3.05, 3.63) is 23.1 Å². The predicted octanol–water partition coefficient (Wildman–Crippen LogP) is 4.77. The Morgan fingerprint density at radius 3 is 2.47 bits per heavy atom. The summed E-state index contributed by atoms with van der Waals surface area (Å²) in [5.74, 6) is -0.510. The number of nitrogens with one attached hydrogen (secondary N) is 2. The minimum absolute atomic E-state index is 0.153. The monoisotopic (exact) mass is 487 g/mol. The SMILES string of the molecule is C=C(NC(=O)C(CC1CCCCC1)N(CCNC(=O)OC(C)(C)C)C(=O)CCl)S/C=C\C. The molecule has 1 rings (SSSR count). The van der Waals surface area contributed by atoms with E-state index in [-0.39, 0.29) is 30.8 Å². The van der Waals surface area contributed by atoms with Crippen molar-refractivity contribution in [1.82, 2.24) is 15.5 Å². The number of amides is 3. The fourth-order valence-electron chi connectivity index (χ4n) is 3.64. The molecule has 1 saturated carbocycles. The van der Waals surface area contributed by atoms with E-state index in [1.807, 2.05) is 18.4 Å². The topological polar surface area (TPSA) is 87.7 Å². The van der Waals surface area contributed by atoms with Gasteiger partial charge in [0.1, 0.15) is 17.5 Å². The number of hydrogen-bond acceptors (Lipinski definition) is 5. The Kier molecular flexibility index (Phi) is 12.8. The summed E-state index contributed by atoms with van der Waals surface area (Å²) in [5, 5.41) is 7.79. The molecule has 7 nitrogen and oxygen atoms in total. The number of alkyl halides is 1. The number of rotatable bonds is 11. The molecule has 0 bridgehead atoms. The minimum Gasteiger partial charge on any atom is -0.444 e. The molecule has 182 valence electrons. The Hall–Kier alpha value is -1.67. The van der Waals surface area contributed by atoms with Gasteiger partial charge in [-0.05, 0) is 45.4 Å². The van der Waals surface area contributed by atoms with Crippen LogP contribution in [0.1, 0.15) is 66.2 Å². The number of thioether (sulfide) groups is 1. The van der Waals surface area contributed by atoms with Crippen LogP contribution in [0, 0.1) is 5.92 Å². The van der Waals surface area contributed by atoms with E-state index < -0.39 is 17.7 Å². The number of nitrogens with zero attached hydrogens (tertiary/aromatic N) is 1. The second-order valence-corrected chi connectivity index (χ2v) is 10.2. The number of ether oxygens (including phenoxy) is 1. The van der Waals surface area contributed by atoms with Gasteiger partial charge in [-0.3, -0.25) is 9.59 Å². The third-order valence-corrected chi connectivity index (χ3v) is 6.05. The highest BCUT2D eigenvalue weighted by atomic mass is 35.5. The summed E-state index contributed by atoms with van der Waals surface area (Å²) in [4.78, 5) is 39.3. The maximum atomic E-state index is 13.2. The van der Waals surface area contributed by atoms with Crippen molar-refractivity contribution in [2.24, 2.45) is 5.92 Å². The van der Waals surface area contributed by atoms with Gasteiger partial charge in [0.25, 0.3) is 0 Å². The van der Waals surface area contributed by atoms with Gasteiger partial charge in [-0.25, -0.2) is 4.79 Å².